The molecule has 1 aromatic heterocycles. The lowest BCUT2D eigenvalue weighted by atomic mass is 10.2. The number of hydrogen-bond acceptors (Lipinski definition) is 3. The molecule has 0 saturated carbocycles. The van der Waals surface area contributed by atoms with Crippen LogP contribution in [-0.2, 0) is 4.79 Å². The number of carbonyl (C=O) groups excluding carboxylic acids is 2. The summed E-state index contributed by atoms with van der Waals surface area (Å²) in [6, 6.07) is 18.3. The molecule has 5 heteroatoms. The molecule has 0 spiro atoms. The SMILES string of the molecule is CC(c1cc2ccccc2o1)N(C)C(=O)CNC(=O)c1ccccc1. The van der Waals surface area contributed by atoms with Crippen molar-refractivity contribution >= 4 is 22.8 Å². The normalized spacial score (nSPS) is 11.9. The van der Waals surface area contributed by atoms with Gasteiger partial charge < -0.3 is 14.6 Å². The highest BCUT2D eigenvalue weighted by Gasteiger charge is 2.21. The Morgan fingerprint density at radius 3 is 2.48 bits per heavy atom. The van der Waals surface area contributed by atoms with Gasteiger partial charge in [0.15, 0.2) is 0 Å². The highest BCUT2D eigenvalue weighted by molar-refractivity contribution is 5.96. The number of hydrogen-bond donors (Lipinski definition) is 1. The van der Waals surface area contributed by atoms with E-state index in [1.807, 2.05) is 43.3 Å². The van der Waals surface area contributed by atoms with Crippen molar-refractivity contribution in [3.63, 3.8) is 0 Å². The molecule has 0 aliphatic heterocycles. The number of para-hydroxylation sites is 1. The molecule has 1 heterocycles. The van der Waals surface area contributed by atoms with E-state index in [2.05, 4.69) is 5.32 Å². The molecule has 0 fully saturated rings. The van der Waals surface area contributed by atoms with Crippen molar-refractivity contribution in [1.29, 1.82) is 0 Å². The molecule has 0 radical (unpaired) electrons. The summed E-state index contributed by atoms with van der Waals surface area (Å²) < 4.78 is 5.81. The first kappa shape index (κ1) is 16.8. The van der Waals surface area contributed by atoms with Crippen LogP contribution in [0.15, 0.2) is 65.1 Å². The Morgan fingerprint density at radius 1 is 1.08 bits per heavy atom. The third kappa shape index (κ3) is 3.71. The van der Waals surface area contributed by atoms with Crippen LogP contribution in [0.2, 0.25) is 0 Å². The fraction of sp³-hybridized carbons (Fsp3) is 0.200. The molecule has 2 aromatic carbocycles. The Hall–Kier alpha value is -3.08. The molecule has 3 rings (SSSR count). The van der Waals surface area contributed by atoms with Gasteiger partial charge in [-0.05, 0) is 31.2 Å². The molecule has 25 heavy (non-hydrogen) atoms. The number of furan rings is 1. The maximum absolute atomic E-state index is 12.4. The lowest BCUT2D eigenvalue weighted by Gasteiger charge is -2.23. The van der Waals surface area contributed by atoms with Crippen molar-refractivity contribution in [3.05, 3.63) is 72.0 Å². The Kier molecular flexibility index (Phi) is 4.84. The minimum absolute atomic E-state index is 0.0607. The quantitative estimate of drug-likeness (QED) is 0.777. The monoisotopic (exact) mass is 336 g/mol. The number of amides is 2. The van der Waals surface area contributed by atoms with Crippen LogP contribution in [0.3, 0.4) is 0 Å². The van der Waals surface area contributed by atoms with Gasteiger partial charge in [0.25, 0.3) is 5.91 Å². The van der Waals surface area contributed by atoms with Crippen LogP contribution in [0.1, 0.15) is 29.1 Å². The van der Waals surface area contributed by atoms with Gasteiger partial charge >= 0.3 is 0 Å². The van der Waals surface area contributed by atoms with E-state index in [1.54, 1.807) is 36.2 Å². The lowest BCUT2D eigenvalue weighted by molar-refractivity contribution is -0.131. The van der Waals surface area contributed by atoms with Gasteiger partial charge in [-0.2, -0.15) is 0 Å². The zero-order valence-electron chi connectivity index (χ0n) is 14.2. The smallest absolute Gasteiger partial charge is 0.251 e. The van der Waals surface area contributed by atoms with Gasteiger partial charge in [-0.15, -0.1) is 0 Å². The molecular weight excluding hydrogens is 316 g/mol. The Balaban J connectivity index is 1.62. The van der Waals surface area contributed by atoms with Gasteiger partial charge in [0, 0.05) is 18.0 Å². The van der Waals surface area contributed by atoms with Gasteiger partial charge in [0.2, 0.25) is 5.91 Å². The van der Waals surface area contributed by atoms with Crippen LogP contribution >= 0.6 is 0 Å². The second-order valence-corrected chi connectivity index (χ2v) is 5.92. The Labute approximate surface area is 146 Å². The molecule has 0 saturated heterocycles. The summed E-state index contributed by atoms with van der Waals surface area (Å²) in [5.41, 5.74) is 1.32. The lowest BCUT2D eigenvalue weighted by Crippen LogP contribution is -2.39. The fourth-order valence-electron chi connectivity index (χ4n) is 2.59. The van der Waals surface area contributed by atoms with Crippen LogP contribution in [-0.4, -0.2) is 30.3 Å². The minimum Gasteiger partial charge on any atom is -0.459 e. The van der Waals surface area contributed by atoms with Crippen LogP contribution < -0.4 is 5.32 Å². The number of carbonyl (C=O) groups is 2. The van der Waals surface area contributed by atoms with Crippen molar-refractivity contribution in [2.24, 2.45) is 0 Å². The summed E-state index contributed by atoms with van der Waals surface area (Å²) in [6.45, 7) is 1.84. The second kappa shape index (κ2) is 7.21. The van der Waals surface area contributed by atoms with Crippen LogP contribution in [0.4, 0.5) is 0 Å². The summed E-state index contributed by atoms with van der Waals surface area (Å²) >= 11 is 0. The van der Waals surface area contributed by atoms with E-state index < -0.39 is 0 Å². The minimum atomic E-state index is -0.265. The van der Waals surface area contributed by atoms with Gasteiger partial charge in [0.05, 0.1) is 12.6 Å². The first-order valence-electron chi connectivity index (χ1n) is 8.13. The summed E-state index contributed by atoms with van der Waals surface area (Å²) in [6.07, 6.45) is 0. The maximum Gasteiger partial charge on any atom is 0.251 e. The first-order chi connectivity index (χ1) is 12.1. The van der Waals surface area contributed by atoms with Crippen molar-refractivity contribution < 1.29 is 14.0 Å². The summed E-state index contributed by atoms with van der Waals surface area (Å²) in [5.74, 6) is 0.266. The van der Waals surface area contributed by atoms with E-state index in [0.717, 1.165) is 11.0 Å². The Bertz CT molecular complexity index is 853. The number of fused-ring (bicyclic) bond motifs is 1. The van der Waals surface area contributed by atoms with Crippen molar-refractivity contribution in [1.82, 2.24) is 10.2 Å². The zero-order valence-corrected chi connectivity index (χ0v) is 14.2. The molecule has 128 valence electrons. The van der Waals surface area contributed by atoms with Crippen LogP contribution in [0.5, 0.6) is 0 Å². The van der Waals surface area contributed by atoms with Crippen LogP contribution in [0.25, 0.3) is 11.0 Å². The maximum atomic E-state index is 12.4. The molecule has 0 aliphatic rings. The van der Waals surface area contributed by atoms with Gasteiger partial charge in [-0.3, -0.25) is 9.59 Å². The number of benzene rings is 2. The predicted octanol–water partition coefficient (Wildman–Crippen LogP) is 3.38. The molecule has 3 aromatic rings. The van der Waals surface area contributed by atoms with Crippen molar-refractivity contribution in [2.75, 3.05) is 13.6 Å². The number of nitrogens with one attached hydrogen (secondary N) is 1. The fourth-order valence-corrected chi connectivity index (χ4v) is 2.59. The topological polar surface area (TPSA) is 62.6 Å². The summed E-state index contributed by atoms with van der Waals surface area (Å²) in [5, 5.41) is 3.65. The van der Waals surface area contributed by atoms with E-state index >= 15 is 0 Å². The highest BCUT2D eigenvalue weighted by Crippen LogP contribution is 2.26. The number of nitrogens with zero attached hydrogens (tertiary/aromatic N) is 1. The molecule has 2 amide bonds. The third-order valence-electron chi connectivity index (χ3n) is 4.27. The summed E-state index contributed by atoms with van der Waals surface area (Å²) in [7, 11) is 1.70. The highest BCUT2D eigenvalue weighted by atomic mass is 16.3. The van der Waals surface area contributed by atoms with Gasteiger partial charge in [-0.1, -0.05) is 36.4 Å². The Morgan fingerprint density at radius 2 is 1.76 bits per heavy atom. The average Bonchev–Trinajstić information content (AvgIpc) is 3.09. The first-order valence-corrected chi connectivity index (χ1v) is 8.13. The molecule has 0 bridgehead atoms. The van der Waals surface area contributed by atoms with Gasteiger partial charge in [0.1, 0.15) is 11.3 Å². The van der Waals surface area contributed by atoms with E-state index in [0.29, 0.717) is 11.3 Å². The standard InChI is InChI=1S/C20H20N2O3/c1-14(18-12-16-10-6-7-11-17(16)25-18)22(2)19(23)13-21-20(24)15-8-4-3-5-9-15/h3-12,14H,13H2,1-2H3,(H,21,24). The predicted molar refractivity (Wildman–Crippen MR) is 96.2 cm³/mol. The van der Waals surface area contributed by atoms with E-state index in [1.165, 1.54) is 0 Å². The molecule has 1 N–H and O–H groups in total. The van der Waals surface area contributed by atoms with Crippen LogP contribution in [0, 0.1) is 0 Å². The molecule has 1 atom stereocenters. The molecule has 5 nitrogen and oxygen atoms in total. The van der Waals surface area contributed by atoms with E-state index in [-0.39, 0.29) is 24.4 Å². The molecular formula is C20H20N2O3. The van der Waals surface area contributed by atoms with Crippen molar-refractivity contribution in [3.8, 4) is 0 Å². The second-order valence-electron chi connectivity index (χ2n) is 5.92. The molecule has 0 aliphatic carbocycles. The van der Waals surface area contributed by atoms with E-state index in [4.69, 9.17) is 4.42 Å². The third-order valence-corrected chi connectivity index (χ3v) is 4.27. The van der Waals surface area contributed by atoms with E-state index in [9.17, 15) is 9.59 Å². The summed E-state index contributed by atoms with van der Waals surface area (Å²) in [4.78, 5) is 26.0. The molecule has 1 unspecified atom stereocenters. The number of rotatable bonds is 5. The zero-order chi connectivity index (χ0) is 17.8. The number of likely N-dealkylation sites (N-methyl/N-ethyl adjacent to an activating group) is 1. The largest absolute Gasteiger partial charge is 0.459 e. The van der Waals surface area contributed by atoms with Gasteiger partial charge in [-0.25, -0.2) is 0 Å². The van der Waals surface area contributed by atoms with Crippen molar-refractivity contribution in [2.45, 2.75) is 13.0 Å². The average molecular weight is 336 g/mol.